The molecular weight excluding hydrogens is 280 g/mol. The van der Waals surface area contributed by atoms with Crippen LogP contribution in [0.25, 0.3) is 11.5 Å². The Morgan fingerprint density at radius 2 is 1.82 bits per heavy atom. The lowest BCUT2D eigenvalue weighted by Gasteiger charge is -2.07. The van der Waals surface area contributed by atoms with E-state index in [2.05, 4.69) is 17.1 Å². The van der Waals surface area contributed by atoms with Crippen LogP contribution in [-0.4, -0.2) is 15.3 Å². The van der Waals surface area contributed by atoms with Crippen LogP contribution in [0.5, 0.6) is 11.5 Å². The van der Waals surface area contributed by atoms with Crippen LogP contribution in [-0.2, 0) is 13.0 Å². The molecule has 5 heteroatoms. The molecule has 0 saturated carbocycles. The maximum absolute atomic E-state index is 9.79. The van der Waals surface area contributed by atoms with Crippen molar-refractivity contribution >= 4 is 0 Å². The molecule has 0 spiro atoms. The summed E-state index contributed by atoms with van der Waals surface area (Å²) in [7, 11) is 0. The SMILES string of the molecule is CCc1ccccc1OCc1nnc(-c2ccccc2O)o1. The molecule has 3 aromatic rings. The van der Waals surface area contributed by atoms with Crippen LogP contribution in [0.15, 0.2) is 52.9 Å². The monoisotopic (exact) mass is 296 g/mol. The first-order valence-corrected chi connectivity index (χ1v) is 7.09. The normalized spacial score (nSPS) is 10.6. The fraction of sp³-hybridized carbons (Fsp3) is 0.176. The highest BCUT2D eigenvalue weighted by Gasteiger charge is 2.12. The number of ether oxygens (including phenoxy) is 1. The van der Waals surface area contributed by atoms with Crippen LogP contribution >= 0.6 is 0 Å². The van der Waals surface area contributed by atoms with Gasteiger partial charge in [0.1, 0.15) is 11.5 Å². The minimum atomic E-state index is 0.106. The Morgan fingerprint density at radius 3 is 2.64 bits per heavy atom. The molecule has 0 unspecified atom stereocenters. The molecule has 0 aliphatic rings. The number of aryl methyl sites for hydroxylation is 1. The van der Waals surface area contributed by atoms with Crippen molar-refractivity contribution in [1.82, 2.24) is 10.2 Å². The smallest absolute Gasteiger partial charge is 0.254 e. The second kappa shape index (κ2) is 6.30. The van der Waals surface area contributed by atoms with Gasteiger partial charge < -0.3 is 14.3 Å². The fourth-order valence-electron chi connectivity index (χ4n) is 2.15. The van der Waals surface area contributed by atoms with Crippen molar-refractivity contribution in [3.05, 3.63) is 60.0 Å². The number of benzene rings is 2. The number of rotatable bonds is 5. The molecule has 0 amide bonds. The summed E-state index contributed by atoms with van der Waals surface area (Å²) in [6.07, 6.45) is 0.892. The quantitative estimate of drug-likeness (QED) is 0.779. The number of hydrogen-bond acceptors (Lipinski definition) is 5. The molecule has 2 aromatic carbocycles. The van der Waals surface area contributed by atoms with Gasteiger partial charge >= 0.3 is 0 Å². The lowest BCUT2D eigenvalue weighted by atomic mass is 10.1. The van der Waals surface area contributed by atoms with Gasteiger partial charge in [0.15, 0.2) is 6.61 Å². The summed E-state index contributed by atoms with van der Waals surface area (Å²) in [5.74, 6) is 1.56. The van der Waals surface area contributed by atoms with Gasteiger partial charge in [-0.3, -0.25) is 0 Å². The van der Waals surface area contributed by atoms with Gasteiger partial charge in [0, 0.05) is 0 Å². The van der Waals surface area contributed by atoms with Crippen molar-refractivity contribution in [2.75, 3.05) is 0 Å². The van der Waals surface area contributed by atoms with Crippen LogP contribution in [0.3, 0.4) is 0 Å². The lowest BCUT2D eigenvalue weighted by molar-refractivity contribution is 0.262. The maximum atomic E-state index is 9.79. The zero-order chi connectivity index (χ0) is 15.4. The molecule has 112 valence electrons. The Kier molecular flexibility index (Phi) is 4.05. The van der Waals surface area contributed by atoms with Gasteiger partial charge in [-0.05, 0) is 30.2 Å². The fourth-order valence-corrected chi connectivity index (χ4v) is 2.15. The van der Waals surface area contributed by atoms with Gasteiger partial charge in [-0.1, -0.05) is 37.3 Å². The van der Waals surface area contributed by atoms with E-state index in [1.54, 1.807) is 24.3 Å². The minimum Gasteiger partial charge on any atom is -0.507 e. The summed E-state index contributed by atoms with van der Waals surface area (Å²) in [6, 6.07) is 14.7. The van der Waals surface area contributed by atoms with Crippen LogP contribution in [0.4, 0.5) is 0 Å². The van der Waals surface area contributed by atoms with Gasteiger partial charge in [0.05, 0.1) is 5.56 Å². The standard InChI is InChI=1S/C17H16N2O3/c1-2-12-7-3-6-10-15(12)21-11-16-18-19-17(22-16)13-8-4-5-9-14(13)20/h3-10,20H,2,11H2,1H3. The summed E-state index contributed by atoms with van der Waals surface area (Å²) in [4.78, 5) is 0. The van der Waals surface area contributed by atoms with E-state index >= 15 is 0 Å². The average molecular weight is 296 g/mol. The van der Waals surface area contributed by atoms with E-state index in [9.17, 15) is 5.11 Å². The Bertz CT molecular complexity index is 768. The first-order chi connectivity index (χ1) is 10.8. The Morgan fingerprint density at radius 1 is 1.05 bits per heavy atom. The van der Waals surface area contributed by atoms with E-state index in [-0.39, 0.29) is 18.2 Å². The second-order valence-corrected chi connectivity index (χ2v) is 4.77. The highest BCUT2D eigenvalue weighted by atomic mass is 16.5. The summed E-state index contributed by atoms with van der Waals surface area (Å²) >= 11 is 0. The van der Waals surface area contributed by atoms with Crippen molar-refractivity contribution < 1.29 is 14.3 Å². The van der Waals surface area contributed by atoms with E-state index in [0.29, 0.717) is 11.5 Å². The maximum Gasteiger partial charge on any atom is 0.254 e. The molecular formula is C17H16N2O3. The molecule has 0 bridgehead atoms. The molecule has 0 radical (unpaired) electrons. The summed E-state index contributed by atoms with van der Waals surface area (Å²) < 4.78 is 11.3. The molecule has 0 fully saturated rings. The number of aromatic hydroxyl groups is 1. The first-order valence-electron chi connectivity index (χ1n) is 7.09. The predicted octanol–water partition coefficient (Wildman–Crippen LogP) is 3.58. The molecule has 0 aliphatic heterocycles. The third-order valence-electron chi connectivity index (χ3n) is 3.31. The first kappa shape index (κ1) is 14.1. The number of phenolic OH excluding ortho intramolecular Hbond substituents is 1. The van der Waals surface area contributed by atoms with Crippen LogP contribution in [0.2, 0.25) is 0 Å². The minimum absolute atomic E-state index is 0.106. The van der Waals surface area contributed by atoms with Crippen molar-refractivity contribution in [1.29, 1.82) is 0 Å². The third-order valence-corrected chi connectivity index (χ3v) is 3.31. The van der Waals surface area contributed by atoms with Crippen molar-refractivity contribution in [3.8, 4) is 23.0 Å². The van der Waals surface area contributed by atoms with Gasteiger partial charge in [0.2, 0.25) is 0 Å². The topological polar surface area (TPSA) is 68.4 Å². The zero-order valence-corrected chi connectivity index (χ0v) is 12.2. The summed E-state index contributed by atoms with van der Waals surface area (Å²) in [5, 5.41) is 17.7. The van der Waals surface area contributed by atoms with Gasteiger partial charge in [-0.15, -0.1) is 10.2 Å². The Labute approximate surface area is 128 Å². The average Bonchev–Trinajstić information content (AvgIpc) is 3.02. The molecule has 5 nitrogen and oxygen atoms in total. The van der Waals surface area contributed by atoms with Crippen molar-refractivity contribution in [2.24, 2.45) is 0 Å². The number of phenols is 1. The van der Waals surface area contributed by atoms with Crippen LogP contribution in [0, 0.1) is 0 Å². The van der Waals surface area contributed by atoms with E-state index < -0.39 is 0 Å². The van der Waals surface area contributed by atoms with Gasteiger partial charge in [-0.2, -0.15) is 0 Å². The zero-order valence-electron chi connectivity index (χ0n) is 12.2. The molecule has 0 atom stereocenters. The second-order valence-electron chi connectivity index (χ2n) is 4.77. The van der Waals surface area contributed by atoms with E-state index in [0.717, 1.165) is 17.7 Å². The van der Waals surface area contributed by atoms with E-state index in [4.69, 9.17) is 9.15 Å². The van der Waals surface area contributed by atoms with Gasteiger partial charge in [0.25, 0.3) is 11.8 Å². The molecule has 1 N–H and O–H groups in total. The Hall–Kier alpha value is -2.82. The summed E-state index contributed by atoms with van der Waals surface area (Å²) in [6.45, 7) is 2.27. The predicted molar refractivity (Wildman–Crippen MR) is 81.6 cm³/mol. The molecule has 1 heterocycles. The van der Waals surface area contributed by atoms with Crippen molar-refractivity contribution in [3.63, 3.8) is 0 Å². The molecule has 0 saturated heterocycles. The largest absolute Gasteiger partial charge is 0.507 e. The highest BCUT2D eigenvalue weighted by molar-refractivity contribution is 5.61. The van der Waals surface area contributed by atoms with Crippen LogP contribution in [0.1, 0.15) is 18.4 Å². The molecule has 3 rings (SSSR count). The number of hydrogen-bond donors (Lipinski definition) is 1. The lowest BCUT2D eigenvalue weighted by Crippen LogP contribution is -1.98. The number of para-hydroxylation sites is 2. The van der Waals surface area contributed by atoms with Crippen molar-refractivity contribution in [2.45, 2.75) is 20.0 Å². The van der Waals surface area contributed by atoms with Gasteiger partial charge in [-0.25, -0.2) is 0 Å². The summed E-state index contributed by atoms with van der Waals surface area (Å²) in [5.41, 5.74) is 1.64. The third kappa shape index (κ3) is 2.93. The molecule has 0 aliphatic carbocycles. The number of aromatic nitrogens is 2. The highest BCUT2D eigenvalue weighted by Crippen LogP contribution is 2.27. The molecule has 1 aromatic heterocycles. The number of nitrogens with zero attached hydrogens (tertiary/aromatic N) is 2. The van der Waals surface area contributed by atoms with Crippen LogP contribution < -0.4 is 4.74 Å². The Balaban J connectivity index is 1.74. The van der Waals surface area contributed by atoms with E-state index in [1.165, 1.54) is 0 Å². The molecule has 22 heavy (non-hydrogen) atoms. The van der Waals surface area contributed by atoms with E-state index in [1.807, 2.05) is 24.3 Å².